The van der Waals surface area contributed by atoms with E-state index in [0.29, 0.717) is 5.56 Å². The van der Waals surface area contributed by atoms with Crippen molar-refractivity contribution in [1.82, 2.24) is 15.1 Å². The van der Waals surface area contributed by atoms with Gasteiger partial charge in [0.2, 0.25) is 11.8 Å². The lowest BCUT2D eigenvalue weighted by atomic mass is 10.2. The SMILES string of the molecule is C=CN(CC(=O)N(CC(=O)NCc1cccc(Cl)c1F)C(C)C)/C(=C/CC)CC. The Hall–Kier alpha value is -2.34. The number of hydrogen-bond donors (Lipinski definition) is 1. The minimum absolute atomic E-state index is 0.00333. The smallest absolute Gasteiger partial charge is 0.243 e. The Kier molecular flexibility index (Phi) is 10.5. The first kappa shape index (κ1) is 24.7. The molecule has 160 valence electrons. The summed E-state index contributed by atoms with van der Waals surface area (Å²) in [4.78, 5) is 28.5. The number of benzene rings is 1. The Morgan fingerprint density at radius 3 is 2.52 bits per heavy atom. The number of allylic oxidation sites excluding steroid dienone is 2. The number of halogens is 2. The molecular formula is C22H31ClFN3O2. The zero-order chi connectivity index (χ0) is 22.0. The second-order valence-corrected chi connectivity index (χ2v) is 7.28. The fourth-order valence-electron chi connectivity index (χ4n) is 2.87. The first-order valence-corrected chi connectivity index (χ1v) is 10.2. The summed E-state index contributed by atoms with van der Waals surface area (Å²) < 4.78 is 14.0. The first-order valence-electron chi connectivity index (χ1n) is 9.82. The molecule has 0 spiro atoms. The van der Waals surface area contributed by atoms with Crippen molar-refractivity contribution in [3.63, 3.8) is 0 Å². The molecule has 0 saturated heterocycles. The van der Waals surface area contributed by atoms with E-state index in [-0.39, 0.29) is 42.5 Å². The van der Waals surface area contributed by atoms with Gasteiger partial charge in [0.25, 0.3) is 0 Å². The van der Waals surface area contributed by atoms with Crippen LogP contribution in [0, 0.1) is 5.82 Å². The quantitative estimate of drug-likeness (QED) is 0.570. The van der Waals surface area contributed by atoms with Crippen LogP contribution < -0.4 is 5.32 Å². The van der Waals surface area contributed by atoms with Crippen molar-refractivity contribution in [1.29, 1.82) is 0 Å². The van der Waals surface area contributed by atoms with E-state index < -0.39 is 5.82 Å². The number of amides is 2. The van der Waals surface area contributed by atoms with Gasteiger partial charge in [0.15, 0.2) is 0 Å². The van der Waals surface area contributed by atoms with Gasteiger partial charge in [-0.1, -0.05) is 50.2 Å². The summed E-state index contributed by atoms with van der Waals surface area (Å²) in [6, 6.07) is 4.46. The molecule has 1 aromatic carbocycles. The number of nitrogens with one attached hydrogen (secondary N) is 1. The van der Waals surface area contributed by atoms with Crippen LogP contribution in [-0.2, 0) is 16.1 Å². The summed E-state index contributed by atoms with van der Waals surface area (Å²) >= 11 is 5.76. The van der Waals surface area contributed by atoms with Crippen LogP contribution in [0.3, 0.4) is 0 Å². The van der Waals surface area contributed by atoms with Crippen LogP contribution in [0.5, 0.6) is 0 Å². The Labute approximate surface area is 178 Å². The van der Waals surface area contributed by atoms with E-state index in [4.69, 9.17) is 11.6 Å². The zero-order valence-corrected chi connectivity index (χ0v) is 18.4. The van der Waals surface area contributed by atoms with Crippen LogP contribution in [-0.4, -0.2) is 40.7 Å². The summed E-state index contributed by atoms with van der Waals surface area (Å²) in [6.45, 7) is 11.6. The first-order chi connectivity index (χ1) is 13.7. The number of nitrogens with zero attached hydrogens (tertiary/aromatic N) is 2. The third-order valence-corrected chi connectivity index (χ3v) is 4.75. The molecule has 0 bridgehead atoms. The molecule has 7 heteroatoms. The molecule has 0 heterocycles. The van der Waals surface area contributed by atoms with E-state index in [2.05, 4.69) is 18.0 Å². The summed E-state index contributed by atoms with van der Waals surface area (Å²) in [6.07, 6.45) is 5.32. The lowest BCUT2D eigenvalue weighted by Gasteiger charge is -2.30. The normalized spacial score (nSPS) is 11.3. The molecule has 2 amide bonds. The van der Waals surface area contributed by atoms with Gasteiger partial charge < -0.3 is 15.1 Å². The van der Waals surface area contributed by atoms with Gasteiger partial charge in [-0.15, -0.1) is 0 Å². The Bertz CT molecular complexity index is 750. The van der Waals surface area contributed by atoms with E-state index >= 15 is 0 Å². The molecule has 0 saturated carbocycles. The zero-order valence-electron chi connectivity index (χ0n) is 17.7. The summed E-state index contributed by atoms with van der Waals surface area (Å²) in [7, 11) is 0. The molecule has 1 N–H and O–H groups in total. The van der Waals surface area contributed by atoms with Crippen LogP contribution >= 0.6 is 11.6 Å². The average Bonchev–Trinajstić information content (AvgIpc) is 2.69. The van der Waals surface area contributed by atoms with Gasteiger partial charge >= 0.3 is 0 Å². The van der Waals surface area contributed by atoms with Gasteiger partial charge in [-0.2, -0.15) is 0 Å². The van der Waals surface area contributed by atoms with Crippen LogP contribution in [0.15, 0.2) is 42.8 Å². The fraction of sp³-hybridized carbons (Fsp3) is 0.455. The second kappa shape index (κ2) is 12.3. The number of rotatable bonds is 11. The highest BCUT2D eigenvalue weighted by Crippen LogP contribution is 2.17. The van der Waals surface area contributed by atoms with E-state index in [1.54, 1.807) is 23.2 Å². The van der Waals surface area contributed by atoms with E-state index in [0.717, 1.165) is 18.5 Å². The van der Waals surface area contributed by atoms with Crippen molar-refractivity contribution in [3.05, 3.63) is 59.2 Å². The predicted octanol–water partition coefficient (Wildman–Crippen LogP) is 4.48. The Balaban J connectivity index is 2.77. The topological polar surface area (TPSA) is 52.7 Å². The standard InChI is InChI=1S/C22H31ClFN3O2/c1-6-10-18(7-2)26(8-3)15-21(29)27(16(4)5)14-20(28)25-13-17-11-9-12-19(23)22(17)24/h8-12,16H,3,6-7,13-15H2,1-2,4-5H3,(H,25,28)/b18-10+. The van der Waals surface area contributed by atoms with Gasteiger partial charge in [0.1, 0.15) is 12.4 Å². The van der Waals surface area contributed by atoms with Gasteiger partial charge in [0, 0.05) is 23.8 Å². The molecule has 0 unspecified atom stereocenters. The van der Waals surface area contributed by atoms with Crippen molar-refractivity contribution < 1.29 is 14.0 Å². The van der Waals surface area contributed by atoms with Gasteiger partial charge in [-0.05, 0) is 39.0 Å². The molecule has 5 nitrogen and oxygen atoms in total. The maximum Gasteiger partial charge on any atom is 0.243 e. The van der Waals surface area contributed by atoms with Gasteiger partial charge in [-0.25, -0.2) is 4.39 Å². The second-order valence-electron chi connectivity index (χ2n) is 6.87. The highest BCUT2D eigenvalue weighted by Gasteiger charge is 2.22. The lowest BCUT2D eigenvalue weighted by molar-refractivity contribution is -0.138. The molecule has 1 aromatic rings. The van der Waals surface area contributed by atoms with Crippen molar-refractivity contribution in [2.24, 2.45) is 0 Å². The Morgan fingerprint density at radius 2 is 1.97 bits per heavy atom. The Morgan fingerprint density at radius 1 is 1.28 bits per heavy atom. The van der Waals surface area contributed by atoms with Crippen molar-refractivity contribution in [2.45, 2.75) is 53.1 Å². The monoisotopic (exact) mass is 423 g/mol. The lowest BCUT2D eigenvalue weighted by Crippen LogP contribution is -2.47. The third-order valence-electron chi connectivity index (χ3n) is 4.46. The minimum atomic E-state index is -0.553. The van der Waals surface area contributed by atoms with Crippen molar-refractivity contribution in [2.75, 3.05) is 13.1 Å². The predicted molar refractivity (Wildman–Crippen MR) is 116 cm³/mol. The molecule has 0 aliphatic carbocycles. The molecule has 0 aliphatic heterocycles. The summed E-state index contributed by atoms with van der Waals surface area (Å²) in [5.41, 5.74) is 1.31. The maximum absolute atomic E-state index is 14.0. The van der Waals surface area contributed by atoms with Crippen LogP contribution in [0.25, 0.3) is 0 Å². The maximum atomic E-state index is 14.0. The average molecular weight is 424 g/mol. The van der Waals surface area contributed by atoms with Crippen molar-refractivity contribution in [3.8, 4) is 0 Å². The molecule has 0 fully saturated rings. The molecule has 0 aliphatic rings. The molecule has 1 rings (SSSR count). The number of hydrogen-bond acceptors (Lipinski definition) is 3. The summed E-state index contributed by atoms with van der Waals surface area (Å²) in [5, 5.41) is 2.66. The van der Waals surface area contributed by atoms with E-state index in [1.807, 2.05) is 27.7 Å². The van der Waals surface area contributed by atoms with Gasteiger partial charge in [-0.3, -0.25) is 9.59 Å². The highest BCUT2D eigenvalue weighted by atomic mass is 35.5. The molecular weight excluding hydrogens is 393 g/mol. The van der Waals surface area contributed by atoms with Gasteiger partial charge in [0.05, 0.1) is 11.6 Å². The molecule has 0 atom stereocenters. The summed E-state index contributed by atoms with van der Waals surface area (Å²) in [5.74, 6) is -1.10. The van der Waals surface area contributed by atoms with Crippen molar-refractivity contribution >= 4 is 23.4 Å². The highest BCUT2D eigenvalue weighted by molar-refractivity contribution is 6.30. The molecule has 0 radical (unpaired) electrons. The molecule has 0 aromatic heterocycles. The largest absolute Gasteiger partial charge is 0.350 e. The number of carbonyl (C=O) groups excluding carboxylic acids is 2. The third kappa shape index (κ3) is 7.54. The van der Waals surface area contributed by atoms with Crippen LogP contribution in [0.1, 0.15) is 46.1 Å². The van der Waals surface area contributed by atoms with E-state index in [1.165, 1.54) is 11.0 Å². The van der Waals surface area contributed by atoms with Crippen LogP contribution in [0.2, 0.25) is 5.02 Å². The fourth-order valence-corrected chi connectivity index (χ4v) is 3.06. The number of carbonyl (C=O) groups is 2. The van der Waals surface area contributed by atoms with Crippen LogP contribution in [0.4, 0.5) is 4.39 Å². The minimum Gasteiger partial charge on any atom is -0.350 e. The molecule has 29 heavy (non-hydrogen) atoms. The van der Waals surface area contributed by atoms with E-state index in [9.17, 15) is 14.0 Å².